The first-order valence-corrected chi connectivity index (χ1v) is 4.07. The predicted molar refractivity (Wildman–Crippen MR) is 48.4 cm³/mol. The largest absolute Gasteiger partial charge is 0.504 e. The Balaban J connectivity index is 2.59. The standard InChI is InChI=1S/C9H10N2O2/c10-4-3-6-1-2-7-9(8(6)12)13-5-11-7/h1-2,5,12H,3-4,10H2. The zero-order chi connectivity index (χ0) is 9.26. The van der Waals surface area contributed by atoms with Gasteiger partial charge in [0.2, 0.25) is 0 Å². The summed E-state index contributed by atoms with van der Waals surface area (Å²) in [4.78, 5) is 3.92. The number of nitrogens with zero attached hydrogens (tertiary/aromatic N) is 1. The number of phenolic OH excluding ortho intramolecular Hbond substituents is 1. The monoisotopic (exact) mass is 178 g/mol. The Bertz CT molecular complexity index is 422. The molecule has 0 aliphatic heterocycles. The average molecular weight is 178 g/mol. The van der Waals surface area contributed by atoms with Crippen molar-refractivity contribution in [3.63, 3.8) is 0 Å². The second-order valence-corrected chi connectivity index (χ2v) is 2.81. The fourth-order valence-electron chi connectivity index (χ4n) is 1.31. The van der Waals surface area contributed by atoms with Crippen molar-refractivity contribution in [2.24, 2.45) is 5.73 Å². The first kappa shape index (κ1) is 8.07. The first-order valence-electron chi connectivity index (χ1n) is 4.07. The fourth-order valence-corrected chi connectivity index (χ4v) is 1.31. The Morgan fingerprint density at radius 1 is 1.46 bits per heavy atom. The summed E-state index contributed by atoms with van der Waals surface area (Å²) in [7, 11) is 0. The molecule has 0 fully saturated rings. The van der Waals surface area contributed by atoms with Gasteiger partial charge in [-0.1, -0.05) is 6.07 Å². The van der Waals surface area contributed by atoms with Crippen LogP contribution in [0.1, 0.15) is 5.56 Å². The van der Waals surface area contributed by atoms with Crippen molar-refractivity contribution >= 4 is 11.1 Å². The molecule has 0 bridgehead atoms. The molecule has 0 radical (unpaired) electrons. The van der Waals surface area contributed by atoms with E-state index in [2.05, 4.69) is 4.98 Å². The Morgan fingerprint density at radius 3 is 3.08 bits per heavy atom. The minimum absolute atomic E-state index is 0.153. The van der Waals surface area contributed by atoms with Crippen LogP contribution in [0.25, 0.3) is 11.1 Å². The zero-order valence-electron chi connectivity index (χ0n) is 7.03. The number of rotatable bonds is 2. The van der Waals surface area contributed by atoms with E-state index in [0.717, 1.165) is 5.56 Å². The third kappa shape index (κ3) is 1.25. The lowest BCUT2D eigenvalue weighted by Crippen LogP contribution is -2.02. The van der Waals surface area contributed by atoms with Gasteiger partial charge in [0, 0.05) is 0 Å². The van der Waals surface area contributed by atoms with Crippen LogP contribution < -0.4 is 5.73 Å². The van der Waals surface area contributed by atoms with Crippen LogP contribution >= 0.6 is 0 Å². The highest BCUT2D eigenvalue weighted by atomic mass is 16.4. The van der Waals surface area contributed by atoms with Crippen molar-refractivity contribution in [2.45, 2.75) is 6.42 Å². The van der Waals surface area contributed by atoms with Gasteiger partial charge in [-0.3, -0.25) is 0 Å². The van der Waals surface area contributed by atoms with Crippen LogP contribution in [-0.2, 0) is 6.42 Å². The lowest BCUT2D eigenvalue weighted by molar-refractivity contribution is 0.458. The molecule has 1 heterocycles. The van der Waals surface area contributed by atoms with Gasteiger partial charge in [-0.25, -0.2) is 4.98 Å². The third-order valence-corrected chi connectivity index (χ3v) is 1.97. The summed E-state index contributed by atoms with van der Waals surface area (Å²) in [6, 6.07) is 3.62. The van der Waals surface area contributed by atoms with Crippen molar-refractivity contribution in [3.8, 4) is 5.75 Å². The molecule has 1 aromatic heterocycles. The molecule has 4 nitrogen and oxygen atoms in total. The SMILES string of the molecule is NCCc1ccc2ncoc2c1O. The number of benzene rings is 1. The third-order valence-electron chi connectivity index (χ3n) is 1.97. The molecule has 3 N–H and O–H groups in total. The van der Waals surface area contributed by atoms with E-state index in [9.17, 15) is 5.11 Å². The molecule has 2 aromatic rings. The summed E-state index contributed by atoms with van der Waals surface area (Å²) in [5.74, 6) is 0.153. The summed E-state index contributed by atoms with van der Waals surface area (Å²) in [6.45, 7) is 0.507. The van der Waals surface area contributed by atoms with Crippen molar-refractivity contribution in [2.75, 3.05) is 6.54 Å². The molecule has 0 aliphatic rings. The van der Waals surface area contributed by atoms with Crippen LogP contribution in [0.15, 0.2) is 22.9 Å². The van der Waals surface area contributed by atoms with Crippen molar-refractivity contribution in [3.05, 3.63) is 24.1 Å². The number of aromatic nitrogens is 1. The molecular weight excluding hydrogens is 168 g/mol. The number of nitrogens with two attached hydrogens (primary N) is 1. The summed E-state index contributed by atoms with van der Waals surface area (Å²) in [5.41, 5.74) is 7.29. The first-order chi connectivity index (χ1) is 6.33. The highest BCUT2D eigenvalue weighted by Crippen LogP contribution is 2.27. The van der Waals surface area contributed by atoms with Crippen LogP contribution in [0.5, 0.6) is 5.75 Å². The van der Waals surface area contributed by atoms with Crippen molar-refractivity contribution in [1.82, 2.24) is 4.98 Å². The number of phenols is 1. The Kier molecular flexibility index (Phi) is 1.90. The maximum absolute atomic E-state index is 9.68. The quantitative estimate of drug-likeness (QED) is 0.720. The van der Waals surface area contributed by atoms with Crippen LogP contribution in [0.2, 0.25) is 0 Å². The molecule has 4 heteroatoms. The van der Waals surface area contributed by atoms with E-state index in [1.807, 2.05) is 12.1 Å². The van der Waals surface area contributed by atoms with E-state index >= 15 is 0 Å². The molecule has 0 saturated heterocycles. The second-order valence-electron chi connectivity index (χ2n) is 2.81. The number of hydrogen-bond donors (Lipinski definition) is 2. The zero-order valence-corrected chi connectivity index (χ0v) is 7.03. The van der Waals surface area contributed by atoms with E-state index in [-0.39, 0.29) is 5.75 Å². The lowest BCUT2D eigenvalue weighted by atomic mass is 10.1. The topological polar surface area (TPSA) is 72.3 Å². The summed E-state index contributed by atoms with van der Waals surface area (Å²) in [6.07, 6.45) is 1.96. The smallest absolute Gasteiger partial charge is 0.196 e. The van der Waals surface area contributed by atoms with Crippen LogP contribution in [0.4, 0.5) is 0 Å². The van der Waals surface area contributed by atoms with Crippen LogP contribution in [0, 0.1) is 0 Å². The van der Waals surface area contributed by atoms with Gasteiger partial charge >= 0.3 is 0 Å². The molecule has 0 atom stereocenters. The van der Waals surface area contributed by atoms with Crippen molar-refractivity contribution < 1.29 is 9.52 Å². The molecule has 1 aromatic carbocycles. The van der Waals surface area contributed by atoms with E-state index in [0.29, 0.717) is 24.1 Å². The molecule has 13 heavy (non-hydrogen) atoms. The molecular formula is C9H10N2O2. The number of fused-ring (bicyclic) bond motifs is 1. The Morgan fingerprint density at radius 2 is 2.31 bits per heavy atom. The van der Waals surface area contributed by atoms with Gasteiger partial charge in [-0.2, -0.15) is 0 Å². The number of oxazole rings is 1. The lowest BCUT2D eigenvalue weighted by Gasteiger charge is -2.01. The summed E-state index contributed by atoms with van der Waals surface area (Å²) < 4.78 is 5.03. The molecule has 0 amide bonds. The van der Waals surface area contributed by atoms with Gasteiger partial charge in [0.05, 0.1) is 0 Å². The normalized spacial score (nSPS) is 10.8. The van der Waals surface area contributed by atoms with Gasteiger partial charge in [0.1, 0.15) is 5.52 Å². The second kappa shape index (κ2) is 3.06. The van der Waals surface area contributed by atoms with Crippen molar-refractivity contribution in [1.29, 1.82) is 0 Å². The van der Waals surface area contributed by atoms with Gasteiger partial charge in [0.25, 0.3) is 0 Å². The maximum atomic E-state index is 9.68. The fraction of sp³-hybridized carbons (Fsp3) is 0.222. The summed E-state index contributed by atoms with van der Waals surface area (Å²) in [5, 5.41) is 9.68. The van der Waals surface area contributed by atoms with E-state index in [4.69, 9.17) is 10.2 Å². The van der Waals surface area contributed by atoms with Crippen LogP contribution in [0.3, 0.4) is 0 Å². The highest BCUT2D eigenvalue weighted by molar-refractivity contribution is 5.80. The van der Waals surface area contributed by atoms with Gasteiger partial charge in [-0.15, -0.1) is 0 Å². The molecule has 0 unspecified atom stereocenters. The average Bonchev–Trinajstić information content (AvgIpc) is 2.58. The van der Waals surface area contributed by atoms with Crippen LogP contribution in [-0.4, -0.2) is 16.6 Å². The highest BCUT2D eigenvalue weighted by Gasteiger charge is 2.08. The van der Waals surface area contributed by atoms with Gasteiger partial charge < -0.3 is 15.3 Å². The van der Waals surface area contributed by atoms with Gasteiger partial charge in [0.15, 0.2) is 17.7 Å². The van der Waals surface area contributed by atoms with E-state index < -0.39 is 0 Å². The van der Waals surface area contributed by atoms with Gasteiger partial charge in [-0.05, 0) is 24.6 Å². The number of hydrogen-bond acceptors (Lipinski definition) is 4. The minimum atomic E-state index is 0.153. The predicted octanol–water partition coefficient (Wildman–Crippen LogP) is 1.03. The van der Waals surface area contributed by atoms with E-state index in [1.54, 1.807) is 0 Å². The van der Waals surface area contributed by atoms with E-state index in [1.165, 1.54) is 6.39 Å². The Labute approximate surface area is 75.0 Å². The molecule has 2 rings (SSSR count). The maximum Gasteiger partial charge on any atom is 0.196 e. The molecule has 68 valence electrons. The molecule has 0 aliphatic carbocycles. The summed E-state index contributed by atoms with van der Waals surface area (Å²) >= 11 is 0. The molecule has 0 saturated carbocycles. The Hall–Kier alpha value is -1.55. The molecule has 0 spiro atoms. The number of aromatic hydroxyl groups is 1. The minimum Gasteiger partial charge on any atom is -0.504 e.